The van der Waals surface area contributed by atoms with Crippen molar-refractivity contribution in [3.8, 4) is 12.3 Å². The fourth-order valence-electron chi connectivity index (χ4n) is 1.62. The van der Waals surface area contributed by atoms with Crippen LogP contribution < -0.4 is 5.32 Å². The molecule has 0 aromatic heterocycles. The first kappa shape index (κ1) is 21.4. The third-order valence-corrected chi connectivity index (χ3v) is 2.49. The van der Waals surface area contributed by atoms with Crippen molar-refractivity contribution in [1.29, 1.82) is 0 Å². The Labute approximate surface area is 138 Å². The number of carbonyl (C=O) groups excluding carboxylic acids is 1. The van der Waals surface area contributed by atoms with Crippen LogP contribution in [0.1, 0.15) is 20.8 Å². The van der Waals surface area contributed by atoms with Crippen molar-refractivity contribution in [1.82, 2.24) is 5.32 Å². The van der Waals surface area contributed by atoms with Gasteiger partial charge in [0.15, 0.2) is 0 Å². The summed E-state index contributed by atoms with van der Waals surface area (Å²) in [5, 5.41) is 2.58. The number of hydrogen-bond donors (Lipinski definition) is 1. The lowest BCUT2D eigenvalue weighted by Crippen LogP contribution is -2.50. The smallest absolute Gasteiger partial charge is 0.408 e. The highest BCUT2D eigenvalue weighted by molar-refractivity contribution is 5.68. The Kier molecular flexibility index (Phi) is 10.3. The molecule has 0 aromatic carbocycles. The monoisotopic (exact) mass is 329 g/mol. The zero-order chi connectivity index (χ0) is 17.9. The Balaban J connectivity index is 5.03. The first-order valence-corrected chi connectivity index (χ1v) is 7.08. The van der Waals surface area contributed by atoms with Gasteiger partial charge >= 0.3 is 6.09 Å². The van der Waals surface area contributed by atoms with Crippen molar-refractivity contribution in [2.24, 2.45) is 0 Å². The van der Waals surface area contributed by atoms with Crippen LogP contribution in [0.4, 0.5) is 4.79 Å². The van der Waals surface area contributed by atoms with Crippen molar-refractivity contribution >= 4 is 6.09 Å². The maximum absolute atomic E-state index is 11.9. The van der Waals surface area contributed by atoms with E-state index in [4.69, 9.17) is 30.1 Å². The van der Waals surface area contributed by atoms with E-state index in [1.807, 2.05) is 0 Å². The van der Waals surface area contributed by atoms with Gasteiger partial charge < -0.3 is 29.0 Å². The van der Waals surface area contributed by atoms with Gasteiger partial charge in [0, 0.05) is 14.2 Å². The fraction of sp³-hybridized carbons (Fsp3) is 0.688. The Morgan fingerprint density at radius 2 is 1.83 bits per heavy atom. The molecule has 7 nitrogen and oxygen atoms in total. The molecule has 3 atom stereocenters. The largest absolute Gasteiger partial charge is 0.444 e. The van der Waals surface area contributed by atoms with E-state index < -0.39 is 29.9 Å². The zero-order valence-corrected chi connectivity index (χ0v) is 14.5. The summed E-state index contributed by atoms with van der Waals surface area (Å²) in [7, 11) is 2.96. The van der Waals surface area contributed by atoms with Crippen molar-refractivity contribution < 1.29 is 28.5 Å². The SMILES string of the molecule is C#C[C@H](NC(=O)OC(C)(C)C)[C@H](OCOC)[C@H](C=C)OCOC. The number of rotatable bonds is 10. The second-order valence-electron chi connectivity index (χ2n) is 5.60. The molecule has 0 aliphatic heterocycles. The van der Waals surface area contributed by atoms with Crippen LogP contribution in [0.15, 0.2) is 12.7 Å². The van der Waals surface area contributed by atoms with Crippen LogP contribution in [0.5, 0.6) is 0 Å². The van der Waals surface area contributed by atoms with E-state index in [9.17, 15) is 4.79 Å². The van der Waals surface area contributed by atoms with Crippen LogP contribution in [-0.4, -0.2) is 57.7 Å². The van der Waals surface area contributed by atoms with Gasteiger partial charge in [0.25, 0.3) is 0 Å². The van der Waals surface area contributed by atoms with Crippen molar-refractivity contribution in [2.75, 3.05) is 27.8 Å². The molecular weight excluding hydrogens is 302 g/mol. The van der Waals surface area contributed by atoms with Crippen molar-refractivity contribution in [2.45, 2.75) is 44.6 Å². The van der Waals surface area contributed by atoms with Gasteiger partial charge in [-0.05, 0) is 20.8 Å². The highest BCUT2D eigenvalue weighted by Crippen LogP contribution is 2.13. The van der Waals surface area contributed by atoms with Crippen LogP contribution in [-0.2, 0) is 23.7 Å². The summed E-state index contributed by atoms with van der Waals surface area (Å²) >= 11 is 0. The number of amides is 1. The molecule has 0 spiro atoms. The maximum atomic E-state index is 11.9. The maximum Gasteiger partial charge on any atom is 0.408 e. The minimum atomic E-state index is -0.806. The van der Waals surface area contributed by atoms with Gasteiger partial charge in [-0.25, -0.2) is 4.79 Å². The van der Waals surface area contributed by atoms with Gasteiger partial charge in [-0.3, -0.25) is 0 Å². The predicted molar refractivity (Wildman–Crippen MR) is 85.7 cm³/mol. The highest BCUT2D eigenvalue weighted by atomic mass is 16.7. The minimum absolute atomic E-state index is 0.0211. The lowest BCUT2D eigenvalue weighted by atomic mass is 10.1. The summed E-state index contributed by atoms with van der Waals surface area (Å²) in [4.78, 5) is 11.9. The van der Waals surface area contributed by atoms with Crippen molar-refractivity contribution in [3.63, 3.8) is 0 Å². The number of methoxy groups -OCH3 is 2. The van der Waals surface area contributed by atoms with E-state index in [2.05, 4.69) is 17.8 Å². The van der Waals surface area contributed by atoms with E-state index in [-0.39, 0.29) is 13.6 Å². The molecule has 0 fully saturated rings. The molecule has 0 aromatic rings. The Morgan fingerprint density at radius 3 is 2.26 bits per heavy atom. The molecule has 0 aliphatic rings. The van der Waals surface area contributed by atoms with Gasteiger partial charge in [-0.2, -0.15) is 0 Å². The van der Waals surface area contributed by atoms with E-state index >= 15 is 0 Å². The molecule has 7 heteroatoms. The first-order chi connectivity index (χ1) is 10.8. The van der Waals surface area contributed by atoms with Crippen molar-refractivity contribution in [3.05, 3.63) is 12.7 Å². The molecule has 0 bridgehead atoms. The molecule has 0 aliphatic carbocycles. The standard InChI is InChI=1S/C16H27NO6/c1-8-12(17-15(18)23-16(3,4)5)14(22-11-20-7)13(9-2)21-10-19-6/h1,9,12-14H,2,10-11H2,3-7H3,(H,17,18)/t12-,13-,14-/m0/s1. The summed E-state index contributed by atoms with van der Waals surface area (Å²) in [6, 6.07) is -0.806. The second-order valence-corrected chi connectivity index (χ2v) is 5.60. The molecule has 0 radical (unpaired) electrons. The molecule has 0 rings (SSSR count). The highest BCUT2D eigenvalue weighted by Gasteiger charge is 2.31. The number of nitrogens with one attached hydrogen (secondary N) is 1. The molecule has 132 valence electrons. The summed E-state index contributed by atoms with van der Waals surface area (Å²) in [6.07, 6.45) is 5.05. The Hall–Kier alpha value is -1.59. The van der Waals surface area contributed by atoms with E-state index in [0.29, 0.717) is 0 Å². The lowest BCUT2D eigenvalue weighted by molar-refractivity contribution is -0.147. The number of alkyl carbamates (subject to hydrolysis) is 1. The molecular formula is C16H27NO6. The zero-order valence-electron chi connectivity index (χ0n) is 14.5. The summed E-state index contributed by atoms with van der Waals surface area (Å²) in [6.45, 7) is 8.94. The van der Waals surface area contributed by atoms with E-state index in [0.717, 1.165) is 0 Å². The van der Waals surface area contributed by atoms with Crippen LogP contribution in [0.2, 0.25) is 0 Å². The lowest BCUT2D eigenvalue weighted by Gasteiger charge is -2.30. The molecule has 0 saturated heterocycles. The third kappa shape index (κ3) is 9.21. The topological polar surface area (TPSA) is 75.3 Å². The van der Waals surface area contributed by atoms with Crippen LogP contribution in [0.3, 0.4) is 0 Å². The summed E-state index contributed by atoms with van der Waals surface area (Å²) in [5.41, 5.74) is -0.642. The molecule has 0 heterocycles. The van der Waals surface area contributed by atoms with Gasteiger partial charge in [-0.15, -0.1) is 13.0 Å². The molecule has 23 heavy (non-hydrogen) atoms. The molecule has 0 unspecified atom stereocenters. The van der Waals surface area contributed by atoms with Gasteiger partial charge in [-0.1, -0.05) is 12.0 Å². The van der Waals surface area contributed by atoms with Crippen LogP contribution in [0, 0.1) is 12.3 Å². The Bertz CT molecular complexity index is 398. The Morgan fingerprint density at radius 1 is 1.26 bits per heavy atom. The molecule has 0 saturated carbocycles. The molecule has 1 N–H and O–H groups in total. The summed E-state index contributed by atoms with van der Waals surface area (Å²) in [5.74, 6) is 2.46. The minimum Gasteiger partial charge on any atom is -0.444 e. The van der Waals surface area contributed by atoms with Gasteiger partial charge in [0.2, 0.25) is 0 Å². The molecule has 1 amide bonds. The van der Waals surface area contributed by atoms with E-state index in [1.165, 1.54) is 20.3 Å². The fourth-order valence-corrected chi connectivity index (χ4v) is 1.62. The third-order valence-electron chi connectivity index (χ3n) is 2.49. The number of carbonyl (C=O) groups is 1. The normalized spacial score (nSPS) is 15.1. The first-order valence-electron chi connectivity index (χ1n) is 7.08. The number of terminal acetylenes is 1. The van der Waals surface area contributed by atoms with Crippen LogP contribution in [0.25, 0.3) is 0 Å². The van der Waals surface area contributed by atoms with Gasteiger partial charge in [0.1, 0.15) is 37.4 Å². The van der Waals surface area contributed by atoms with E-state index in [1.54, 1.807) is 20.8 Å². The van der Waals surface area contributed by atoms with Crippen LogP contribution >= 0.6 is 0 Å². The second kappa shape index (κ2) is 11.0. The summed E-state index contributed by atoms with van der Waals surface area (Å²) < 4.78 is 26.0. The number of hydrogen-bond acceptors (Lipinski definition) is 6. The number of ether oxygens (including phenoxy) is 5. The quantitative estimate of drug-likeness (QED) is 0.373. The average Bonchev–Trinajstić information content (AvgIpc) is 2.46. The average molecular weight is 329 g/mol. The van der Waals surface area contributed by atoms with Gasteiger partial charge in [0.05, 0.1) is 0 Å². The predicted octanol–water partition coefficient (Wildman–Crippen LogP) is 1.68.